The molecule has 0 aliphatic carbocycles. The van der Waals surface area contributed by atoms with Gasteiger partial charge in [-0.3, -0.25) is 9.69 Å². The van der Waals surface area contributed by atoms with Crippen LogP contribution in [-0.4, -0.2) is 78.7 Å². The molecule has 1 aliphatic heterocycles. The Hall–Kier alpha value is -2.53. The Kier molecular flexibility index (Phi) is 8.76. The molecule has 2 aromatic heterocycles. The second-order valence-corrected chi connectivity index (χ2v) is 11.7. The van der Waals surface area contributed by atoms with E-state index in [2.05, 4.69) is 25.3 Å². The second-order valence-electron chi connectivity index (χ2n) is 8.61. The molecule has 0 saturated carbocycles. The molecule has 3 atom stereocenters. The van der Waals surface area contributed by atoms with E-state index in [0.29, 0.717) is 18.1 Å². The maximum absolute atomic E-state index is 12.8. The summed E-state index contributed by atoms with van der Waals surface area (Å²) >= 11 is 0.900. The number of anilines is 2. The van der Waals surface area contributed by atoms with Gasteiger partial charge in [-0.25, -0.2) is 23.1 Å². The van der Waals surface area contributed by atoms with E-state index in [1.807, 2.05) is 18.7 Å². The summed E-state index contributed by atoms with van der Waals surface area (Å²) in [5.74, 6) is -0.247. The number of carbonyl (C=O) groups is 1. The van der Waals surface area contributed by atoms with Crippen LogP contribution >= 0.6 is 11.3 Å². The molecule has 3 heterocycles. The molecular formula is C20H28F3N7O4S2. The third-order valence-corrected chi connectivity index (χ3v) is 8.29. The zero-order valence-electron chi connectivity index (χ0n) is 19.5. The van der Waals surface area contributed by atoms with E-state index >= 15 is 0 Å². The summed E-state index contributed by atoms with van der Waals surface area (Å²) in [6.45, 7) is 4.78. The van der Waals surface area contributed by atoms with Gasteiger partial charge in [-0.2, -0.15) is 13.2 Å². The van der Waals surface area contributed by atoms with Gasteiger partial charge in [-0.1, -0.05) is 13.8 Å². The van der Waals surface area contributed by atoms with Crippen LogP contribution in [0.4, 0.5) is 24.1 Å². The summed E-state index contributed by atoms with van der Waals surface area (Å²) in [5, 5.41) is 15.5. The van der Waals surface area contributed by atoms with Gasteiger partial charge in [0.2, 0.25) is 21.9 Å². The number of alkyl halides is 3. The quantitative estimate of drug-likeness (QED) is 0.289. The maximum Gasteiger partial charge on any atom is 0.418 e. The second kappa shape index (κ2) is 11.2. The molecule has 1 saturated heterocycles. The van der Waals surface area contributed by atoms with Gasteiger partial charge in [0.1, 0.15) is 4.21 Å². The summed E-state index contributed by atoms with van der Waals surface area (Å²) in [6.07, 6.45) is -5.92. The van der Waals surface area contributed by atoms with Gasteiger partial charge >= 0.3 is 6.18 Å². The van der Waals surface area contributed by atoms with Gasteiger partial charge < -0.3 is 21.5 Å². The maximum atomic E-state index is 12.8. The van der Waals surface area contributed by atoms with Crippen LogP contribution in [0.1, 0.15) is 25.5 Å². The number of sulfonamides is 1. The summed E-state index contributed by atoms with van der Waals surface area (Å²) in [6, 6.07) is 1.73. The number of rotatable bonds is 10. The van der Waals surface area contributed by atoms with Crippen molar-refractivity contribution in [1.82, 2.24) is 24.9 Å². The zero-order chi connectivity index (χ0) is 26.7. The number of aromatic nitrogens is 2. The summed E-state index contributed by atoms with van der Waals surface area (Å²) in [4.78, 5) is 22.0. The van der Waals surface area contributed by atoms with Crippen molar-refractivity contribution in [2.45, 2.75) is 42.4 Å². The number of nitrogens with one attached hydrogen (secondary N) is 3. The molecule has 1 fully saturated rings. The lowest BCUT2D eigenvalue weighted by molar-refractivity contribution is -0.206. The van der Waals surface area contributed by atoms with E-state index in [1.54, 1.807) is 0 Å². The van der Waals surface area contributed by atoms with Crippen molar-refractivity contribution in [3.05, 3.63) is 30.1 Å². The van der Waals surface area contributed by atoms with Crippen molar-refractivity contribution in [2.75, 3.05) is 37.2 Å². The van der Waals surface area contributed by atoms with Gasteiger partial charge in [0, 0.05) is 44.1 Å². The van der Waals surface area contributed by atoms with Gasteiger partial charge in [0.25, 0.3) is 0 Å². The van der Waals surface area contributed by atoms with Gasteiger partial charge in [0.15, 0.2) is 6.10 Å². The molecule has 1 amide bonds. The van der Waals surface area contributed by atoms with Crippen molar-refractivity contribution in [3.63, 3.8) is 0 Å². The summed E-state index contributed by atoms with van der Waals surface area (Å²) < 4.78 is 66.2. The molecule has 200 valence electrons. The molecule has 0 spiro atoms. The van der Waals surface area contributed by atoms with Crippen molar-refractivity contribution < 1.29 is 31.5 Å². The monoisotopic (exact) mass is 551 g/mol. The topological polar surface area (TPSA) is 163 Å². The van der Waals surface area contributed by atoms with E-state index in [9.17, 15) is 31.5 Å². The number of piperazine rings is 1. The highest BCUT2D eigenvalue weighted by Gasteiger charge is 2.40. The van der Waals surface area contributed by atoms with E-state index in [-0.39, 0.29) is 35.1 Å². The minimum Gasteiger partial charge on any atom is -0.391 e. The van der Waals surface area contributed by atoms with E-state index in [0.717, 1.165) is 23.7 Å². The molecule has 36 heavy (non-hydrogen) atoms. The van der Waals surface area contributed by atoms with Crippen LogP contribution in [0.2, 0.25) is 0 Å². The molecule has 11 nitrogen and oxygen atoms in total. The number of nitrogen functional groups attached to an aromatic ring is 1. The number of amides is 1. The van der Waals surface area contributed by atoms with E-state index in [4.69, 9.17) is 5.73 Å². The molecule has 3 rings (SSSR count). The predicted molar refractivity (Wildman–Crippen MR) is 128 cm³/mol. The highest BCUT2D eigenvalue weighted by Crippen LogP contribution is 2.31. The number of carbonyl (C=O) groups excluding carboxylic acids is 1. The Labute approximate surface area is 210 Å². The number of aliphatic hydroxyl groups excluding tert-OH is 1. The highest BCUT2D eigenvalue weighted by atomic mass is 32.2. The average molecular weight is 552 g/mol. The summed E-state index contributed by atoms with van der Waals surface area (Å²) in [5.41, 5.74) is 5.10. The zero-order valence-corrected chi connectivity index (χ0v) is 21.1. The smallest absolute Gasteiger partial charge is 0.391 e. The molecule has 0 bridgehead atoms. The first-order valence-corrected chi connectivity index (χ1v) is 13.3. The molecular weight excluding hydrogens is 523 g/mol. The SMILES string of the molecule is CC(C)C1C(=O)NCCN1CC(CNS(=O)(=O)c1ccc(N)s1)Nc1ncc(C(O)C(F)(F)F)cn1. The largest absolute Gasteiger partial charge is 0.418 e. The third-order valence-electron chi connectivity index (χ3n) is 5.46. The predicted octanol–water partition coefficient (Wildman–Crippen LogP) is 0.931. The fourth-order valence-electron chi connectivity index (χ4n) is 3.79. The van der Waals surface area contributed by atoms with Crippen molar-refractivity contribution in [2.24, 2.45) is 5.92 Å². The third kappa shape index (κ3) is 7.03. The lowest BCUT2D eigenvalue weighted by Crippen LogP contribution is -2.60. The average Bonchev–Trinajstić information content (AvgIpc) is 3.24. The number of halogens is 3. The molecule has 0 radical (unpaired) electrons. The molecule has 1 aliphatic rings. The Morgan fingerprint density at radius 1 is 1.31 bits per heavy atom. The Bertz CT molecular complexity index is 1140. The van der Waals surface area contributed by atoms with Crippen molar-refractivity contribution >= 4 is 38.2 Å². The van der Waals surface area contributed by atoms with E-state index in [1.165, 1.54) is 12.1 Å². The lowest BCUT2D eigenvalue weighted by atomic mass is 9.99. The molecule has 2 aromatic rings. The normalized spacial score (nSPS) is 19.2. The number of nitrogens with two attached hydrogens (primary N) is 1. The number of nitrogens with zero attached hydrogens (tertiary/aromatic N) is 3. The highest BCUT2D eigenvalue weighted by molar-refractivity contribution is 7.91. The van der Waals surface area contributed by atoms with Crippen molar-refractivity contribution in [3.8, 4) is 0 Å². The standard InChI is InChI=1S/C20H28F3N7O4S2/c1-11(2)16-18(32)25-5-6-30(16)10-13(9-28-36(33,34)15-4-3-14(24)35-15)29-19-26-7-12(8-27-19)17(31)20(21,22)23/h3-4,7-8,11,13,16-17,28,31H,5-6,9-10,24H2,1-2H3,(H,25,32)(H,26,27,29). The minimum atomic E-state index is -4.87. The molecule has 6 N–H and O–H groups in total. The van der Waals surface area contributed by atoms with Gasteiger partial charge in [-0.05, 0) is 18.1 Å². The fourth-order valence-corrected chi connectivity index (χ4v) is 6.01. The molecule has 0 aromatic carbocycles. The van der Waals surface area contributed by atoms with Crippen molar-refractivity contribution in [1.29, 1.82) is 0 Å². The van der Waals surface area contributed by atoms with E-state index < -0.39 is 40.0 Å². The van der Waals surface area contributed by atoms with Crippen LogP contribution in [0.3, 0.4) is 0 Å². The first-order valence-electron chi connectivity index (χ1n) is 11.0. The lowest BCUT2D eigenvalue weighted by Gasteiger charge is -2.39. The van der Waals surface area contributed by atoms with Crippen LogP contribution < -0.4 is 21.1 Å². The van der Waals surface area contributed by atoms with Crippen LogP contribution in [0.5, 0.6) is 0 Å². The summed E-state index contributed by atoms with van der Waals surface area (Å²) in [7, 11) is -3.89. The fraction of sp³-hybridized carbons (Fsp3) is 0.550. The number of thiophene rings is 1. The number of hydrogen-bond donors (Lipinski definition) is 5. The van der Waals surface area contributed by atoms with Gasteiger partial charge in [-0.15, -0.1) is 11.3 Å². The minimum absolute atomic E-state index is 0.0258. The Morgan fingerprint density at radius 2 is 1.97 bits per heavy atom. The Balaban J connectivity index is 1.79. The van der Waals surface area contributed by atoms with Crippen LogP contribution in [0.15, 0.2) is 28.7 Å². The van der Waals surface area contributed by atoms with Gasteiger partial charge in [0.05, 0.1) is 17.1 Å². The number of hydrogen-bond acceptors (Lipinski definition) is 10. The molecule has 16 heteroatoms. The van der Waals surface area contributed by atoms with Crippen LogP contribution in [-0.2, 0) is 14.8 Å². The van der Waals surface area contributed by atoms with Crippen LogP contribution in [0, 0.1) is 5.92 Å². The first kappa shape index (κ1) is 28.0. The molecule has 3 unspecified atom stereocenters. The van der Waals surface area contributed by atoms with Crippen LogP contribution in [0.25, 0.3) is 0 Å². The number of aliphatic hydroxyl groups is 1. The first-order chi connectivity index (χ1) is 16.8. The Morgan fingerprint density at radius 3 is 2.53 bits per heavy atom.